The van der Waals surface area contributed by atoms with Crippen molar-refractivity contribution in [2.24, 2.45) is 11.7 Å². The van der Waals surface area contributed by atoms with Crippen LogP contribution in [0.3, 0.4) is 0 Å². The van der Waals surface area contributed by atoms with Crippen LogP contribution in [0.1, 0.15) is 24.6 Å². The molecule has 2 unspecified atom stereocenters. The molecule has 0 aromatic carbocycles. The predicted molar refractivity (Wildman–Crippen MR) is 54.7 cm³/mol. The molecule has 0 bridgehead atoms. The van der Waals surface area contributed by atoms with Crippen LogP contribution in [-0.2, 0) is 12.0 Å². The fourth-order valence-electron chi connectivity index (χ4n) is 2.20. The second kappa shape index (κ2) is 3.33. The molecule has 0 spiro atoms. The Morgan fingerprint density at radius 3 is 3.21 bits per heavy atom. The molecule has 0 fully saturated rings. The number of hydrogen-bond acceptors (Lipinski definition) is 3. The van der Waals surface area contributed by atoms with Gasteiger partial charge in [-0.05, 0) is 24.8 Å². The van der Waals surface area contributed by atoms with Crippen LogP contribution >= 0.6 is 0 Å². The first-order chi connectivity index (χ1) is 6.68. The number of aliphatic hydroxyl groups is 1. The molecule has 1 aromatic heterocycles. The van der Waals surface area contributed by atoms with Gasteiger partial charge in [-0.2, -0.15) is 0 Å². The van der Waals surface area contributed by atoms with Gasteiger partial charge >= 0.3 is 0 Å². The highest BCUT2D eigenvalue weighted by Crippen LogP contribution is 2.37. The fraction of sp³-hybridized carbons (Fsp3) is 0.545. The van der Waals surface area contributed by atoms with Gasteiger partial charge < -0.3 is 10.8 Å². The third-order valence-electron chi connectivity index (χ3n) is 3.30. The summed E-state index contributed by atoms with van der Waals surface area (Å²) in [5.74, 6) is 0.212. The second-order valence-corrected chi connectivity index (χ2v) is 4.07. The van der Waals surface area contributed by atoms with Crippen molar-refractivity contribution >= 4 is 0 Å². The molecule has 1 aromatic rings. The maximum absolute atomic E-state index is 10.4. The Morgan fingerprint density at radius 1 is 1.71 bits per heavy atom. The molecule has 2 atom stereocenters. The highest BCUT2D eigenvalue weighted by molar-refractivity contribution is 5.30. The van der Waals surface area contributed by atoms with Crippen molar-refractivity contribution in [2.45, 2.75) is 25.4 Å². The molecule has 0 aliphatic heterocycles. The minimum Gasteiger partial charge on any atom is -0.383 e. The number of aromatic nitrogens is 1. The van der Waals surface area contributed by atoms with Gasteiger partial charge in [0.2, 0.25) is 0 Å². The lowest BCUT2D eigenvalue weighted by Gasteiger charge is -2.38. The average molecular weight is 192 g/mol. The van der Waals surface area contributed by atoms with E-state index in [1.807, 2.05) is 19.1 Å². The molecule has 0 saturated carbocycles. The summed E-state index contributed by atoms with van der Waals surface area (Å²) in [4.78, 5) is 4.28. The second-order valence-electron chi connectivity index (χ2n) is 4.07. The Balaban J connectivity index is 2.52. The zero-order valence-corrected chi connectivity index (χ0v) is 8.40. The van der Waals surface area contributed by atoms with E-state index in [0.29, 0.717) is 0 Å². The monoisotopic (exact) mass is 192 g/mol. The van der Waals surface area contributed by atoms with Gasteiger partial charge in [0.1, 0.15) is 5.60 Å². The van der Waals surface area contributed by atoms with Gasteiger partial charge in [0, 0.05) is 24.0 Å². The smallest absolute Gasteiger partial charge is 0.106 e. The van der Waals surface area contributed by atoms with Crippen molar-refractivity contribution in [1.29, 1.82) is 0 Å². The Hall–Kier alpha value is -0.930. The van der Waals surface area contributed by atoms with E-state index in [-0.39, 0.29) is 12.5 Å². The summed E-state index contributed by atoms with van der Waals surface area (Å²) in [6, 6.07) is 3.79. The van der Waals surface area contributed by atoms with Crippen LogP contribution in [0.2, 0.25) is 0 Å². The average Bonchev–Trinajstić information content (AvgIpc) is 2.24. The molecule has 1 aliphatic carbocycles. The predicted octanol–water partition coefficient (Wildman–Crippen LogP) is 0.810. The van der Waals surface area contributed by atoms with E-state index >= 15 is 0 Å². The van der Waals surface area contributed by atoms with Gasteiger partial charge in [0.15, 0.2) is 0 Å². The molecule has 1 aliphatic rings. The molecular weight excluding hydrogens is 176 g/mol. The van der Waals surface area contributed by atoms with Gasteiger partial charge in [-0.1, -0.05) is 13.0 Å². The standard InChI is InChI=1S/C11H16N2O/c1-8-4-5-10-9(3-2-6-13-10)11(8,14)7-12/h2-3,6,8,14H,4-5,7,12H2,1H3. The number of fused-ring (bicyclic) bond motifs is 1. The highest BCUT2D eigenvalue weighted by Gasteiger charge is 2.39. The molecule has 3 heteroatoms. The molecule has 3 nitrogen and oxygen atoms in total. The number of pyridine rings is 1. The fourth-order valence-corrected chi connectivity index (χ4v) is 2.20. The topological polar surface area (TPSA) is 59.1 Å². The number of nitrogens with two attached hydrogens (primary N) is 1. The first-order valence-electron chi connectivity index (χ1n) is 5.05. The molecule has 76 valence electrons. The van der Waals surface area contributed by atoms with Crippen molar-refractivity contribution in [3.63, 3.8) is 0 Å². The van der Waals surface area contributed by atoms with Crippen LogP contribution < -0.4 is 5.73 Å². The van der Waals surface area contributed by atoms with Crippen LogP contribution in [0.5, 0.6) is 0 Å². The number of hydrogen-bond donors (Lipinski definition) is 2. The van der Waals surface area contributed by atoms with E-state index in [0.717, 1.165) is 24.1 Å². The Morgan fingerprint density at radius 2 is 2.50 bits per heavy atom. The quantitative estimate of drug-likeness (QED) is 0.692. The van der Waals surface area contributed by atoms with E-state index in [9.17, 15) is 5.11 Å². The maximum Gasteiger partial charge on any atom is 0.106 e. The summed E-state index contributed by atoms with van der Waals surface area (Å²) in [5, 5.41) is 10.4. The minimum atomic E-state index is -0.873. The summed E-state index contributed by atoms with van der Waals surface area (Å²) in [5.41, 5.74) is 6.71. The van der Waals surface area contributed by atoms with Crippen molar-refractivity contribution in [2.75, 3.05) is 6.54 Å². The lowest BCUT2D eigenvalue weighted by Crippen LogP contribution is -2.44. The van der Waals surface area contributed by atoms with E-state index in [4.69, 9.17) is 5.73 Å². The minimum absolute atomic E-state index is 0.212. The molecule has 0 amide bonds. The largest absolute Gasteiger partial charge is 0.383 e. The molecule has 1 heterocycles. The van der Waals surface area contributed by atoms with Crippen molar-refractivity contribution in [3.8, 4) is 0 Å². The van der Waals surface area contributed by atoms with Gasteiger partial charge in [-0.3, -0.25) is 4.98 Å². The third-order valence-corrected chi connectivity index (χ3v) is 3.30. The summed E-state index contributed by atoms with van der Waals surface area (Å²) in [6.07, 6.45) is 3.67. The number of rotatable bonds is 1. The normalized spacial score (nSPS) is 31.2. The molecule has 0 radical (unpaired) electrons. The molecule has 0 saturated heterocycles. The van der Waals surface area contributed by atoms with Crippen LogP contribution in [0.4, 0.5) is 0 Å². The lowest BCUT2D eigenvalue weighted by molar-refractivity contribution is -0.0198. The van der Waals surface area contributed by atoms with Gasteiger partial charge in [0.05, 0.1) is 0 Å². The SMILES string of the molecule is CC1CCc2ncccc2C1(O)CN. The molecule has 2 rings (SSSR count). The molecular formula is C11H16N2O. The van der Waals surface area contributed by atoms with Crippen molar-refractivity contribution in [3.05, 3.63) is 29.6 Å². The molecule has 14 heavy (non-hydrogen) atoms. The first-order valence-corrected chi connectivity index (χ1v) is 5.05. The van der Waals surface area contributed by atoms with Crippen molar-refractivity contribution < 1.29 is 5.11 Å². The zero-order valence-electron chi connectivity index (χ0n) is 8.40. The van der Waals surface area contributed by atoms with Crippen LogP contribution in [-0.4, -0.2) is 16.6 Å². The summed E-state index contributed by atoms with van der Waals surface area (Å²) >= 11 is 0. The summed E-state index contributed by atoms with van der Waals surface area (Å²) < 4.78 is 0. The highest BCUT2D eigenvalue weighted by atomic mass is 16.3. The lowest BCUT2D eigenvalue weighted by atomic mass is 9.74. The van der Waals surface area contributed by atoms with Gasteiger partial charge in [-0.15, -0.1) is 0 Å². The Labute approximate surface area is 84.0 Å². The van der Waals surface area contributed by atoms with E-state index in [1.165, 1.54) is 0 Å². The van der Waals surface area contributed by atoms with Crippen LogP contribution in [0, 0.1) is 5.92 Å². The number of aryl methyl sites for hydroxylation is 1. The summed E-state index contributed by atoms with van der Waals surface area (Å²) in [6.45, 7) is 2.32. The Kier molecular flexibility index (Phi) is 2.29. The molecule has 3 N–H and O–H groups in total. The van der Waals surface area contributed by atoms with E-state index in [1.54, 1.807) is 6.20 Å². The van der Waals surface area contributed by atoms with Gasteiger partial charge in [0.25, 0.3) is 0 Å². The maximum atomic E-state index is 10.4. The van der Waals surface area contributed by atoms with Crippen LogP contribution in [0.15, 0.2) is 18.3 Å². The first kappa shape index (κ1) is 9.62. The zero-order chi connectivity index (χ0) is 10.2. The van der Waals surface area contributed by atoms with Crippen molar-refractivity contribution in [1.82, 2.24) is 4.98 Å². The van der Waals surface area contributed by atoms with Crippen LogP contribution in [0.25, 0.3) is 0 Å². The van der Waals surface area contributed by atoms with E-state index < -0.39 is 5.60 Å². The summed E-state index contributed by atoms with van der Waals surface area (Å²) in [7, 11) is 0. The van der Waals surface area contributed by atoms with E-state index in [2.05, 4.69) is 4.98 Å². The number of nitrogens with zero attached hydrogens (tertiary/aromatic N) is 1. The Bertz CT molecular complexity index is 340. The third kappa shape index (κ3) is 1.24. The van der Waals surface area contributed by atoms with Gasteiger partial charge in [-0.25, -0.2) is 0 Å².